The van der Waals surface area contributed by atoms with Crippen molar-refractivity contribution in [2.45, 2.75) is 26.8 Å². The summed E-state index contributed by atoms with van der Waals surface area (Å²) >= 11 is 3.52. The van der Waals surface area contributed by atoms with E-state index in [4.69, 9.17) is 5.73 Å². The van der Waals surface area contributed by atoms with Crippen LogP contribution in [0.4, 0.5) is 0 Å². The van der Waals surface area contributed by atoms with Crippen LogP contribution in [0.25, 0.3) is 11.3 Å². The number of nitrogens with zero attached hydrogens (tertiary/aromatic N) is 1. The van der Waals surface area contributed by atoms with Crippen molar-refractivity contribution < 1.29 is 4.79 Å². The lowest BCUT2D eigenvalue weighted by Gasteiger charge is -2.13. The quantitative estimate of drug-likeness (QED) is 0.656. The van der Waals surface area contributed by atoms with Crippen molar-refractivity contribution in [2.24, 2.45) is 5.73 Å². The molecule has 2 N–H and O–H groups in total. The Morgan fingerprint density at radius 1 is 1.08 bits per heavy atom. The van der Waals surface area contributed by atoms with Crippen LogP contribution in [0.3, 0.4) is 0 Å². The van der Waals surface area contributed by atoms with Gasteiger partial charge < -0.3 is 10.3 Å². The molecule has 0 unspecified atom stereocenters. The molecule has 0 spiro atoms. The van der Waals surface area contributed by atoms with Gasteiger partial charge in [-0.1, -0.05) is 57.9 Å². The van der Waals surface area contributed by atoms with E-state index in [1.165, 1.54) is 11.1 Å². The molecule has 0 radical (unpaired) electrons. The lowest BCUT2D eigenvalue weighted by molar-refractivity contribution is 0.0999. The Kier molecular flexibility index (Phi) is 5.09. The van der Waals surface area contributed by atoms with Crippen molar-refractivity contribution in [3.63, 3.8) is 0 Å². The standard InChI is InChI=1S/C21H21BrN2O/c1-14-6-8-16(9-7-14)10-11-24-15(2)19(21(23)25)13-20(24)17-4-3-5-18(22)12-17/h3-9,12-13H,10-11H2,1-2H3,(H2,23,25). The number of hydrogen-bond donors (Lipinski definition) is 1. The van der Waals surface area contributed by atoms with Gasteiger partial charge in [0.05, 0.1) is 5.56 Å². The summed E-state index contributed by atoms with van der Waals surface area (Å²) < 4.78 is 3.19. The topological polar surface area (TPSA) is 48.0 Å². The van der Waals surface area contributed by atoms with E-state index in [0.29, 0.717) is 5.56 Å². The number of rotatable bonds is 5. The molecule has 1 heterocycles. The Morgan fingerprint density at radius 2 is 1.80 bits per heavy atom. The first kappa shape index (κ1) is 17.5. The predicted molar refractivity (Wildman–Crippen MR) is 106 cm³/mol. The Bertz CT molecular complexity index is 910. The monoisotopic (exact) mass is 396 g/mol. The minimum atomic E-state index is -0.386. The summed E-state index contributed by atoms with van der Waals surface area (Å²) in [5.41, 5.74) is 11.7. The third-order valence-corrected chi connectivity index (χ3v) is 4.99. The number of primary amides is 1. The number of aromatic nitrogens is 1. The van der Waals surface area contributed by atoms with Crippen molar-refractivity contribution in [3.8, 4) is 11.3 Å². The highest BCUT2D eigenvalue weighted by molar-refractivity contribution is 9.10. The van der Waals surface area contributed by atoms with Gasteiger partial charge in [0.2, 0.25) is 0 Å². The van der Waals surface area contributed by atoms with Crippen LogP contribution in [0.2, 0.25) is 0 Å². The molecule has 3 rings (SSSR count). The van der Waals surface area contributed by atoms with Crippen LogP contribution in [0.1, 0.15) is 27.2 Å². The largest absolute Gasteiger partial charge is 0.366 e. The van der Waals surface area contributed by atoms with E-state index < -0.39 is 0 Å². The van der Waals surface area contributed by atoms with Gasteiger partial charge in [-0.25, -0.2) is 0 Å². The molecule has 4 heteroatoms. The summed E-state index contributed by atoms with van der Waals surface area (Å²) in [6.45, 7) is 4.84. The first-order valence-electron chi connectivity index (χ1n) is 8.27. The second kappa shape index (κ2) is 7.28. The van der Waals surface area contributed by atoms with Gasteiger partial charge in [0, 0.05) is 22.4 Å². The van der Waals surface area contributed by atoms with Gasteiger partial charge in [-0.05, 0) is 49.6 Å². The van der Waals surface area contributed by atoms with Crippen LogP contribution in [-0.4, -0.2) is 10.5 Å². The van der Waals surface area contributed by atoms with E-state index >= 15 is 0 Å². The highest BCUT2D eigenvalue weighted by Crippen LogP contribution is 2.28. The van der Waals surface area contributed by atoms with E-state index in [1.54, 1.807) is 0 Å². The smallest absolute Gasteiger partial charge is 0.250 e. The zero-order valence-corrected chi connectivity index (χ0v) is 16.0. The van der Waals surface area contributed by atoms with E-state index in [1.807, 2.05) is 31.2 Å². The van der Waals surface area contributed by atoms with Crippen LogP contribution in [0.5, 0.6) is 0 Å². The molecule has 2 aromatic carbocycles. The normalized spacial score (nSPS) is 10.8. The highest BCUT2D eigenvalue weighted by Gasteiger charge is 2.16. The molecule has 0 saturated carbocycles. The SMILES string of the molecule is Cc1ccc(CCn2c(-c3cccc(Br)c3)cc(C(N)=O)c2C)cc1. The molecule has 3 nitrogen and oxygen atoms in total. The summed E-state index contributed by atoms with van der Waals surface area (Å²) in [4.78, 5) is 11.8. The molecule has 0 aliphatic carbocycles. The fraction of sp³-hybridized carbons (Fsp3) is 0.190. The Morgan fingerprint density at radius 3 is 2.44 bits per heavy atom. The fourth-order valence-corrected chi connectivity index (χ4v) is 3.46. The Hall–Kier alpha value is -2.33. The number of aryl methyl sites for hydroxylation is 2. The summed E-state index contributed by atoms with van der Waals surface area (Å²) in [6, 6.07) is 18.6. The Balaban J connectivity index is 1.98. The first-order valence-corrected chi connectivity index (χ1v) is 9.06. The second-order valence-electron chi connectivity index (χ2n) is 6.29. The lowest BCUT2D eigenvalue weighted by Crippen LogP contribution is -2.13. The van der Waals surface area contributed by atoms with Gasteiger partial charge in [-0.3, -0.25) is 4.79 Å². The van der Waals surface area contributed by atoms with Crippen molar-refractivity contribution in [2.75, 3.05) is 0 Å². The predicted octanol–water partition coefficient (Wildman–Crippen LogP) is 4.88. The second-order valence-corrected chi connectivity index (χ2v) is 7.21. The number of carbonyl (C=O) groups excluding carboxylic acids is 1. The average molecular weight is 397 g/mol. The maximum Gasteiger partial charge on any atom is 0.250 e. The third kappa shape index (κ3) is 3.85. The van der Waals surface area contributed by atoms with Gasteiger partial charge >= 0.3 is 0 Å². The van der Waals surface area contributed by atoms with E-state index in [-0.39, 0.29) is 5.91 Å². The number of hydrogen-bond acceptors (Lipinski definition) is 1. The molecule has 0 fully saturated rings. The molecule has 0 aliphatic rings. The number of benzene rings is 2. The lowest BCUT2D eigenvalue weighted by atomic mass is 10.1. The molecular formula is C21H21BrN2O. The molecule has 1 amide bonds. The third-order valence-electron chi connectivity index (χ3n) is 4.50. The Labute approximate surface area is 156 Å². The van der Waals surface area contributed by atoms with E-state index in [2.05, 4.69) is 57.8 Å². The van der Waals surface area contributed by atoms with Gasteiger partial charge in [0.25, 0.3) is 5.91 Å². The van der Waals surface area contributed by atoms with Crippen LogP contribution < -0.4 is 5.73 Å². The first-order chi connectivity index (χ1) is 12.0. The fourth-order valence-electron chi connectivity index (χ4n) is 3.07. The average Bonchev–Trinajstić information content (AvgIpc) is 2.91. The molecule has 0 saturated heterocycles. The minimum Gasteiger partial charge on any atom is -0.366 e. The molecule has 25 heavy (non-hydrogen) atoms. The van der Waals surface area contributed by atoms with Gasteiger partial charge in [0.1, 0.15) is 0 Å². The molecular weight excluding hydrogens is 376 g/mol. The number of nitrogens with two attached hydrogens (primary N) is 1. The maximum absolute atomic E-state index is 11.8. The van der Waals surface area contributed by atoms with Crippen molar-refractivity contribution in [1.82, 2.24) is 4.57 Å². The van der Waals surface area contributed by atoms with Crippen molar-refractivity contribution in [3.05, 3.63) is 81.5 Å². The van der Waals surface area contributed by atoms with Gasteiger partial charge in [-0.2, -0.15) is 0 Å². The van der Waals surface area contributed by atoms with Crippen LogP contribution >= 0.6 is 15.9 Å². The maximum atomic E-state index is 11.8. The highest BCUT2D eigenvalue weighted by atomic mass is 79.9. The summed E-state index contributed by atoms with van der Waals surface area (Å²) in [6.07, 6.45) is 0.898. The van der Waals surface area contributed by atoms with Crippen LogP contribution in [0.15, 0.2) is 59.1 Å². The van der Waals surface area contributed by atoms with Gasteiger partial charge in [0.15, 0.2) is 0 Å². The van der Waals surface area contributed by atoms with Crippen molar-refractivity contribution in [1.29, 1.82) is 0 Å². The molecule has 0 bridgehead atoms. The molecule has 0 aliphatic heterocycles. The van der Waals surface area contributed by atoms with E-state index in [9.17, 15) is 4.79 Å². The molecule has 128 valence electrons. The van der Waals surface area contributed by atoms with Crippen molar-refractivity contribution >= 4 is 21.8 Å². The van der Waals surface area contributed by atoms with Crippen LogP contribution in [-0.2, 0) is 13.0 Å². The van der Waals surface area contributed by atoms with Gasteiger partial charge in [-0.15, -0.1) is 0 Å². The van der Waals surface area contributed by atoms with Crippen LogP contribution in [0, 0.1) is 13.8 Å². The number of amides is 1. The zero-order valence-electron chi connectivity index (χ0n) is 14.4. The summed E-state index contributed by atoms with van der Waals surface area (Å²) in [5, 5.41) is 0. The molecule has 3 aromatic rings. The number of halogens is 1. The molecule has 1 aromatic heterocycles. The minimum absolute atomic E-state index is 0.386. The number of carbonyl (C=O) groups is 1. The molecule has 0 atom stereocenters. The zero-order chi connectivity index (χ0) is 18.0. The summed E-state index contributed by atoms with van der Waals surface area (Å²) in [7, 11) is 0. The summed E-state index contributed by atoms with van der Waals surface area (Å²) in [5.74, 6) is -0.386. The van der Waals surface area contributed by atoms with E-state index in [0.717, 1.165) is 34.4 Å².